The molecule has 0 amide bonds. The van der Waals surface area contributed by atoms with Gasteiger partial charge in [-0.05, 0) is 25.5 Å². The van der Waals surface area contributed by atoms with Crippen molar-refractivity contribution in [1.82, 2.24) is 4.98 Å². The summed E-state index contributed by atoms with van der Waals surface area (Å²) in [6, 6.07) is 11.4. The van der Waals surface area contributed by atoms with E-state index >= 15 is 0 Å². The maximum atomic E-state index is 11.8. The van der Waals surface area contributed by atoms with Gasteiger partial charge in [-0.1, -0.05) is 44.2 Å². The van der Waals surface area contributed by atoms with Crippen molar-refractivity contribution < 1.29 is 21.4 Å². The molecule has 200 valence electrons. The highest BCUT2D eigenvalue weighted by molar-refractivity contribution is 7.94. The van der Waals surface area contributed by atoms with Crippen LogP contribution in [0.25, 0.3) is 10.8 Å². The Morgan fingerprint density at radius 2 is 1.74 bits per heavy atom. The van der Waals surface area contributed by atoms with Crippen LogP contribution in [0, 0.1) is 18.3 Å². The smallest absolute Gasteiger partial charge is 0.295 e. The second-order valence-electron chi connectivity index (χ2n) is 8.31. The average Bonchev–Trinajstić information content (AvgIpc) is 2.87. The van der Waals surface area contributed by atoms with E-state index in [4.69, 9.17) is 0 Å². The van der Waals surface area contributed by atoms with Gasteiger partial charge in [-0.3, -0.25) is 4.55 Å². The zero-order chi connectivity index (χ0) is 27.9. The third kappa shape index (κ3) is 6.71. The number of nitriles is 1. The highest BCUT2D eigenvalue weighted by atomic mass is 32.2. The van der Waals surface area contributed by atoms with Crippen LogP contribution in [0.2, 0.25) is 0 Å². The summed E-state index contributed by atoms with van der Waals surface area (Å²) in [6.07, 6.45) is 1.77. The molecule has 0 bridgehead atoms. The quantitative estimate of drug-likeness (QED) is 0.153. The summed E-state index contributed by atoms with van der Waals surface area (Å²) in [5, 5.41) is 26.3. The minimum atomic E-state index is -4.45. The molecule has 3 N–H and O–H groups in total. The molecule has 13 heteroatoms. The monoisotopic (exact) mass is 556 g/mol. The average molecular weight is 557 g/mol. The third-order valence-electron chi connectivity index (χ3n) is 5.68. The van der Waals surface area contributed by atoms with E-state index in [1.54, 1.807) is 31.2 Å². The molecule has 0 aliphatic carbocycles. The van der Waals surface area contributed by atoms with Crippen LogP contribution >= 0.6 is 0 Å². The van der Waals surface area contributed by atoms with E-state index in [1.165, 1.54) is 12.1 Å². The number of anilines is 2. The second kappa shape index (κ2) is 12.1. The molecule has 0 aliphatic heterocycles. The first kappa shape index (κ1) is 28.7. The zero-order valence-electron chi connectivity index (χ0n) is 21.0. The highest BCUT2D eigenvalue weighted by Gasteiger charge is 2.19. The third-order valence-corrected chi connectivity index (χ3v) is 7.87. The minimum absolute atomic E-state index is 0.0246. The molecule has 0 aliphatic rings. The van der Waals surface area contributed by atoms with Crippen molar-refractivity contribution in [3.63, 3.8) is 0 Å². The van der Waals surface area contributed by atoms with Gasteiger partial charge in [0.05, 0.1) is 17.0 Å². The molecule has 3 aromatic rings. The first-order chi connectivity index (χ1) is 18.0. The van der Waals surface area contributed by atoms with Crippen molar-refractivity contribution in [1.29, 1.82) is 5.26 Å². The number of rotatable bonds is 12. The van der Waals surface area contributed by atoms with E-state index in [0.29, 0.717) is 34.7 Å². The lowest BCUT2D eigenvalue weighted by Crippen LogP contribution is -2.16. The van der Waals surface area contributed by atoms with Gasteiger partial charge in [-0.2, -0.15) is 13.7 Å². The number of fused-ring (bicyclic) bond motifs is 1. The van der Waals surface area contributed by atoms with Crippen molar-refractivity contribution in [3.05, 3.63) is 59.5 Å². The van der Waals surface area contributed by atoms with Gasteiger partial charge in [0.1, 0.15) is 22.5 Å². The standard InChI is InChI=1S/C25H28N6O5S2/c1-4-6-13-27-25-23(17(3)20(16-26)24(29-25)28-14-15-37(32,33)5-2)31-30-21-11-12-22(38(34,35)36)19-10-8-7-9-18(19)21/h5,7-12H,2,4,6,13-15H2,1,3H3,(H2,27,28,29)(H,34,35,36). The van der Waals surface area contributed by atoms with Gasteiger partial charge < -0.3 is 10.6 Å². The highest BCUT2D eigenvalue weighted by Crippen LogP contribution is 2.37. The summed E-state index contributed by atoms with van der Waals surface area (Å²) in [7, 11) is -7.89. The Labute approximate surface area is 222 Å². The molecular weight excluding hydrogens is 528 g/mol. The summed E-state index contributed by atoms with van der Waals surface area (Å²) in [5.41, 5.74) is 1.31. The Hall–Kier alpha value is -3.86. The number of hydrogen-bond donors (Lipinski definition) is 3. The van der Waals surface area contributed by atoms with Crippen molar-refractivity contribution in [3.8, 4) is 6.07 Å². The lowest BCUT2D eigenvalue weighted by Gasteiger charge is -2.15. The van der Waals surface area contributed by atoms with E-state index in [9.17, 15) is 26.7 Å². The molecule has 2 aromatic carbocycles. The molecule has 0 saturated heterocycles. The SMILES string of the molecule is C=CS(=O)(=O)CCNc1nc(NCCCC)c(N=Nc2ccc(S(=O)(=O)O)c3ccccc23)c(C)c1C#N. The van der Waals surface area contributed by atoms with Crippen LogP contribution in [0.1, 0.15) is 30.9 Å². The van der Waals surface area contributed by atoms with Crippen LogP contribution in [-0.4, -0.2) is 45.2 Å². The predicted octanol–water partition coefficient (Wildman–Crippen LogP) is 5.26. The number of aromatic nitrogens is 1. The Balaban J connectivity index is 2.09. The number of azo groups is 1. The number of nitrogens with one attached hydrogen (secondary N) is 2. The minimum Gasteiger partial charge on any atom is -0.368 e. The normalized spacial score (nSPS) is 11.9. The second-order valence-corrected chi connectivity index (χ2v) is 11.8. The van der Waals surface area contributed by atoms with E-state index in [2.05, 4.69) is 38.5 Å². The topological polar surface area (TPSA) is 174 Å². The summed E-state index contributed by atoms with van der Waals surface area (Å²) in [6.45, 7) is 7.62. The number of hydrogen-bond acceptors (Lipinski definition) is 10. The Morgan fingerprint density at radius 1 is 1.05 bits per heavy atom. The van der Waals surface area contributed by atoms with Crippen LogP contribution in [-0.2, 0) is 20.0 Å². The summed E-state index contributed by atoms with van der Waals surface area (Å²) >= 11 is 0. The van der Waals surface area contributed by atoms with E-state index in [1.807, 2.05) is 6.92 Å². The Kier molecular flexibility index (Phi) is 9.16. The summed E-state index contributed by atoms with van der Waals surface area (Å²) in [5.74, 6) is 0.353. The van der Waals surface area contributed by atoms with Gasteiger partial charge in [-0.15, -0.1) is 10.2 Å². The fourth-order valence-corrected chi connectivity index (χ4v) is 4.90. The van der Waals surface area contributed by atoms with Gasteiger partial charge in [0.25, 0.3) is 10.1 Å². The van der Waals surface area contributed by atoms with Crippen LogP contribution in [0.3, 0.4) is 0 Å². The first-order valence-corrected chi connectivity index (χ1v) is 14.9. The van der Waals surface area contributed by atoms with Crippen molar-refractivity contribution in [2.24, 2.45) is 10.2 Å². The zero-order valence-corrected chi connectivity index (χ0v) is 22.6. The number of sulfone groups is 1. The fourth-order valence-electron chi connectivity index (χ4n) is 3.65. The van der Waals surface area contributed by atoms with Gasteiger partial charge in [0.2, 0.25) is 0 Å². The summed E-state index contributed by atoms with van der Waals surface area (Å²) < 4.78 is 56.7. The van der Waals surface area contributed by atoms with Gasteiger partial charge in [-0.25, -0.2) is 13.4 Å². The molecule has 0 saturated carbocycles. The lowest BCUT2D eigenvalue weighted by atomic mass is 10.1. The maximum Gasteiger partial charge on any atom is 0.295 e. The van der Waals surface area contributed by atoms with E-state index in [0.717, 1.165) is 18.2 Å². The van der Waals surface area contributed by atoms with Crippen LogP contribution in [0.5, 0.6) is 0 Å². The van der Waals surface area contributed by atoms with Crippen molar-refractivity contribution >= 4 is 53.7 Å². The molecule has 0 atom stereocenters. The molecule has 11 nitrogen and oxygen atoms in total. The molecule has 3 rings (SSSR count). The van der Waals surface area contributed by atoms with Gasteiger partial charge in [0.15, 0.2) is 15.7 Å². The molecule has 0 fully saturated rings. The predicted molar refractivity (Wildman–Crippen MR) is 147 cm³/mol. The number of benzene rings is 2. The fraction of sp³-hybridized carbons (Fsp3) is 0.280. The number of pyridine rings is 1. The maximum absolute atomic E-state index is 11.8. The molecular formula is C25H28N6O5S2. The van der Waals surface area contributed by atoms with E-state index < -0.39 is 20.0 Å². The van der Waals surface area contributed by atoms with Crippen molar-refractivity contribution in [2.75, 3.05) is 29.5 Å². The molecule has 0 spiro atoms. The Bertz CT molecular complexity index is 1640. The molecule has 1 heterocycles. The lowest BCUT2D eigenvalue weighted by molar-refractivity contribution is 0.484. The van der Waals surface area contributed by atoms with Crippen LogP contribution in [0.4, 0.5) is 23.0 Å². The number of unbranched alkanes of at least 4 members (excludes halogenated alkanes) is 1. The van der Waals surface area contributed by atoms with Gasteiger partial charge >= 0.3 is 0 Å². The van der Waals surface area contributed by atoms with Gasteiger partial charge in [0, 0.05) is 34.8 Å². The van der Waals surface area contributed by atoms with E-state index in [-0.39, 0.29) is 34.0 Å². The Morgan fingerprint density at radius 3 is 2.37 bits per heavy atom. The van der Waals surface area contributed by atoms with Crippen LogP contribution in [0.15, 0.2) is 63.5 Å². The molecule has 38 heavy (non-hydrogen) atoms. The largest absolute Gasteiger partial charge is 0.368 e. The first-order valence-electron chi connectivity index (χ1n) is 11.7. The number of nitrogens with zero attached hydrogens (tertiary/aromatic N) is 4. The molecule has 1 aromatic heterocycles. The molecule has 0 radical (unpaired) electrons. The van der Waals surface area contributed by atoms with Crippen LogP contribution < -0.4 is 10.6 Å². The van der Waals surface area contributed by atoms with Crippen molar-refractivity contribution in [2.45, 2.75) is 31.6 Å². The molecule has 0 unspecified atom stereocenters. The summed E-state index contributed by atoms with van der Waals surface area (Å²) in [4.78, 5) is 4.27.